The highest BCUT2D eigenvalue weighted by Gasteiger charge is 2.26. The quantitative estimate of drug-likeness (QED) is 0.0421. The van der Waals surface area contributed by atoms with Crippen LogP contribution >= 0.6 is 63.7 Å². The zero-order valence-electron chi connectivity index (χ0n) is 67.2. The number of fused-ring (bicyclic) bond motifs is 12. The van der Waals surface area contributed by atoms with E-state index in [1.807, 2.05) is 188 Å². The van der Waals surface area contributed by atoms with Crippen molar-refractivity contribution >= 4 is 198 Å². The molecule has 0 saturated heterocycles. The van der Waals surface area contributed by atoms with Crippen LogP contribution in [0.3, 0.4) is 0 Å². The second-order valence-electron chi connectivity index (χ2n) is 28.1. The van der Waals surface area contributed by atoms with E-state index >= 15 is 0 Å². The van der Waals surface area contributed by atoms with Crippen LogP contribution in [0.15, 0.2) is 334 Å². The molecule has 0 spiro atoms. The van der Waals surface area contributed by atoms with E-state index in [2.05, 4.69) is 63.7 Å². The molecule has 0 amide bonds. The van der Waals surface area contributed by atoms with Crippen molar-refractivity contribution in [3.8, 4) is 44.5 Å². The summed E-state index contributed by atoms with van der Waals surface area (Å²) >= 11 is 13.3. The number of aromatic carboxylic acids is 2. The maximum atomic E-state index is 12.8. The standard InChI is InChI=1S/C24H22O4.C20H8Br2O2.C20H14O4.C20H10O2.C12H12Br2O4.C6H7BO2/c1-3-27-23(25)21-15-20(18-13-9-6-10-14-18)22(24(26)28-4-2)16-19(21)17-11-7-5-8-12-17;21-9-1-3-11-13-7-18-14(8-17(13)19(23)15(11)5-9)12-4-2-10(22)6-16(12)20(18)24;21-19(22)17-12-16(14-9-5-2-6-10-14)18(20(23)24)11-15(17)13-7-3-1-4-8-13;21-19-13-7-3-1-5-11(13)15-9-18-16(10-17(15)19)12-6-2-4-8-14(12)20(18)22;1-3-17-11(15)7-5-10(14)8(6-9(7)13)12(16)18-4-2;8-7(9)6-4-2-1-3-5-6/h5-16H,3-4H2,1-2H3;1-8H;1-12H,(H,21,22)(H,23,24);1-10H;5-6H,3-4H2,1-2H3;1-5,8-9H. The SMILES string of the molecule is CCOC(=O)c1cc(-c2ccccc2)c(C(=O)OCC)cc1-c1ccccc1.CCOC(=O)c1cc(Br)c(C(=O)OCC)cc1Br.O=C(O)c1cc(-c2ccccc2)c(C(=O)O)cc1-c1ccccc1.O=c1c2cc(Br)ccc2c2cc3c(=O)c4cc(Br)ccc4c3cc12.O=c1c2ccccc2c2cc3c(=O)c4ccccc4c3cc12.OB(O)c1ccccc1. The Hall–Kier alpha value is -13.5. The van der Waals surface area contributed by atoms with Gasteiger partial charge in [0.15, 0.2) is 21.7 Å². The topological polar surface area (TPSA) is 289 Å². The largest absolute Gasteiger partial charge is 0.488 e. The summed E-state index contributed by atoms with van der Waals surface area (Å²) in [5, 5.41) is 49.0. The van der Waals surface area contributed by atoms with Crippen LogP contribution < -0.4 is 27.2 Å². The zero-order chi connectivity index (χ0) is 88.9. The maximum Gasteiger partial charge on any atom is 0.488 e. The number of rotatable bonds is 15. The summed E-state index contributed by atoms with van der Waals surface area (Å²) in [5.41, 5.74) is 7.39. The molecule has 18 nitrogen and oxygen atoms in total. The van der Waals surface area contributed by atoms with E-state index in [0.717, 1.165) is 73.9 Å². The van der Waals surface area contributed by atoms with Gasteiger partial charge in [0.1, 0.15) is 0 Å². The molecule has 0 heterocycles. The van der Waals surface area contributed by atoms with Gasteiger partial charge in [-0.2, -0.15) is 0 Å². The molecule has 0 aromatic heterocycles. The molecule has 0 fully saturated rings. The summed E-state index contributed by atoms with van der Waals surface area (Å²) in [4.78, 5) is 123. The first kappa shape index (κ1) is 89.2. The van der Waals surface area contributed by atoms with Crippen molar-refractivity contribution in [1.82, 2.24) is 0 Å². The van der Waals surface area contributed by atoms with Gasteiger partial charge in [0, 0.05) is 61.0 Å². The van der Waals surface area contributed by atoms with E-state index in [-0.39, 0.29) is 46.1 Å². The Balaban J connectivity index is 0.000000131. The van der Waals surface area contributed by atoms with Gasteiger partial charge >= 0.3 is 42.9 Å². The molecule has 18 aromatic carbocycles. The monoisotopic (exact) mass is 1910 g/mol. The molecule has 23 heteroatoms. The van der Waals surface area contributed by atoms with Gasteiger partial charge in [0.25, 0.3) is 0 Å². The van der Waals surface area contributed by atoms with Crippen molar-refractivity contribution in [2.45, 2.75) is 27.7 Å². The fraction of sp³-hybridized carbons (Fsp3) is 0.0784. The predicted molar refractivity (Wildman–Crippen MR) is 509 cm³/mol. The normalized spacial score (nSPS) is 10.8. The average molecular weight is 1920 g/mol. The molecule has 0 unspecified atom stereocenters. The summed E-state index contributed by atoms with van der Waals surface area (Å²) in [6.45, 7) is 8.13. The Kier molecular flexibility index (Phi) is 28.7. The van der Waals surface area contributed by atoms with Gasteiger partial charge in [-0.1, -0.05) is 244 Å². The highest BCUT2D eigenvalue weighted by molar-refractivity contribution is 9.11. The minimum absolute atomic E-state index is 0.0158. The van der Waals surface area contributed by atoms with Crippen molar-refractivity contribution < 1.29 is 68.0 Å². The van der Waals surface area contributed by atoms with Crippen LogP contribution in [0.1, 0.15) is 89.8 Å². The van der Waals surface area contributed by atoms with Crippen molar-refractivity contribution in [2.24, 2.45) is 0 Å². The molecule has 125 heavy (non-hydrogen) atoms. The summed E-state index contributed by atoms with van der Waals surface area (Å²) in [5.74, 6) is -3.92. The van der Waals surface area contributed by atoms with Gasteiger partial charge in [0.05, 0.1) is 59.8 Å². The predicted octanol–water partition coefficient (Wildman–Crippen LogP) is 22.0. The first-order valence-electron chi connectivity index (χ1n) is 39.3. The Bertz CT molecular complexity index is 6940. The first-order chi connectivity index (χ1) is 60.3. The highest BCUT2D eigenvalue weighted by atomic mass is 79.9. The van der Waals surface area contributed by atoms with E-state index in [0.29, 0.717) is 116 Å². The van der Waals surface area contributed by atoms with E-state index < -0.39 is 42.9 Å². The third kappa shape index (κ3) is 19.5. The van der Waals surface area contributed by atoms with Crippen LogP contribution in [0.2, 0.25) is 0 Å². The lowest BCUT2D eigenvalue weighted by Crippen LogP contribution is -2.29. The summed E-state index contributed by atoms with van der Waals surface area (Å²) in [7, 11) is -1.34. The molecule has 18 aromatic rings. The molecular weight excluding hydrogens is 1840 g/mol. The minimum atomic E-state index is -1.34. The van der Waals surface area contributed by atoms with Crippen LogP contribution in [0.5, 0.6) is 0 Å². The Labute approximate surface area is 748 Å². The highest BCUT2D eigenvalue weighted by Crippen LogP contribution is 2.39. The lowest BCUT2D eigenvalue weighted by molar-refractivity contribution is 0.0509. The number of carbonyl (C=O) groups is 6. The van der Waals surface area contributed by atoms with Crippen molar-refractivity contribution in [3.63, 3.8) is 0 Å². The lowest BCUT2D eigenvalue weighted by Gasteiger charge is -2.16. The van der Waals surface area contributed by atoms with Gasteiger partial charge in [0.2, 0.25) is 0 Å². The molecule has 0 radical (unpaired) electrons. The van der Waals surface area contributed by atoms with E-state index in [1.54, 1.807) is 113 Å². The van der Waals surface area contributed by atoms with Crippen LogP contribution in [0.4, 0.5) is 0 Å². The molecule has 0 aliphatic carbocycles. The molecule has 0 bridgehead atoms. The molecule has 0 atom stereocenters. The number of carbonyl (C=O) groups excluding carboxylic acids is 4. The second-order valence-corrected chi connectivity index (χ2v) is 31.7. The number of ether oxygens (including phenoxy) is 4. The summed E-state index contributed by atoms with van der Waals surface area (Å²) in [6, 6.07) is 88.9. The number of hydrogen-bond donors (Lipinski definition) is 4. The van der Waals surface area contributed by atoms with Gasteiger partial charge in [-0.3, -0.25) is 19.2 Å². The molecular formula is C102H73BBr4O18. The smallest absolute Gasteiger partial charge is 0.478 e. The van der Waals surface area contributed by atoms with Crippen LogP contribution in [0, 0.1) is 0 Å². The molecule has 4 N–H and O–H groups in total. The van der Waals surface area contributed by atoms with Crippen LogP contribution in [-0.2, 0) is 18.9 Å². The second kappa shape index (κ2) is 40.2. The fourth-order valence-corrected chi connectivity index (χ4v) is 16.5. The number of esters is 4. The lowest BCUT2D eigenvalue weighted by atomic mass is 9.81. The Morgan fingerprint density at radius 2 is 0.488 bits per heavy atom. The first-order valence-corrected chi connectivity index (χ1v) is 42.5. The van der Waals surface area contributed by atoms with Crippen molar-refractivity contribution in [1.29, 1.82) is 0 Å². The van der Waals surface area contributed by atoms with E-state index in [4.69, 9.17) is 29.0 Å². The Morgan fingerprint density at radius 3 is 0.760 bits per heavy atom. The van der Waals surface area contributed by atoms with Crippen molar-refractivity contribution in [2.75, 3.05) is 26.4 Å². The minimum Gasteiger partial charge on any atom is -0.478 e. The third-order valence-corrected chi connectivity index (χ3v) is 22.8. The molecule has 0 aliphatic rings. The van der Waals surface area contributed by atoms with Gasteiger partial charge in [-0.05, 0) is 238 Å². The van der Waals surface area contributed by atoms with Crippen LogP contribution in [0.25, 0.3) is 131 Å². The van der Waals surface area contributed by atoms with Crippen LogP contribution in [-0.4, -0.2) is 89.6 Å². The number of benzene rings is 14. The van der Waals surface area contributed by atoms with E-state index in [9.17, 15) is 58.2 Å². The number of hydrogen-bond acceptors (Lipinski definition) is 16. The maximum absolute atomic E-state index is 12.8. The number of carboxylic acid groups (broad SMARTS) is 2. The van der Waals surface area contributed by atoms with Crippen molar-refractivity contribution in [3.05, 3.63) is 389 Å². The molecule has 0 saturated carbocycles. The summed E-state index contributed by atoms with van der Waals surface area (Å²) in [6.07, 6.45) is 0. The fourth-order valence-electron chi connectivity index (χ4n) is 14.8. The summed E-state index contributed by atoms with van der Waals surface area (Å²) < 4.78 is 23.1. The Morgan fingerprint density at radius 1 is 0.256 bits per heavy atom. The number of carboxylic acids is 2. The van der Waals surface area contributed by atoms with Gasteiger partial charge in [-0.15, -0.1) is 0 Å². The van der Waals surface area contributed by atoms with Gasteiger partial charge in [-0.25, -0.2) is 28.8 Å². The third-order valence-electron chi connectivity index (χ3n) is 20.5. The molecule has 0 aliphatic heterocycles. The zero-order valence-corrected chi connectivity index (χ0v) is 73.6. The number of halogens is 4. The van der Waals surface area contributed by atoms with E-state index in [1.165, 1.54) is 24.3 Å². The molecule has 620 valence electrons. The van der Waals surface area contributed by atoms with Gasteiger partial charge < -0.3 is 39.2 Å². The average Bonchev–Trinajstić information content (AvgIpc) is 1.58. The molecule has 18 rings (SSSR count).